The molecule has 4 rings (SSSR count). The van der Waals surface area contributed by atoms with Crippen LogP contribution in [0.3, 0.4) is 0 Å². The number of anilines is 2. The van der Waals surface area contributed by atoms with Crippen molar-refractivity contribution in [3.8, 4) is 0 Å². The molecule has 0 saturated carbocycles. The van der Waals surface area contributed by atoms with Crippen molar-refractivity contribution in [1.82, 2.24) is 5.43 Å². The Morgan fingerprint density at radius 2 is 1.77 bits per heavy atom. The molecule has 5 nitrogen and oxygen atoms in total. The van der Waals surface area contributed by atoms with Crippen LogP contribution >= 0.6 is 0 Å². The van der Waals surface area contributed by atoms with Crippen molar-refractivity contribution in [1.29, 1.82) is 0 Å². The zero-order valence-electron chi connectivity index (χ0n) is 12.2. The van der Waals surface area contributed by atoms with Crippen molar-refractivity contribution < 1.29 is 4.79 Å². The highest BCUT2D eigenvalue weighted by molar-refractivity contribution is 6.17. The van der Waals surface area contributed by atoms with E-state index < -0.39 is 5.92 Å². The Kier molecular flexibility index (Phi) is 2.69. The van der Waals surface area contributed by atoms with Crippen molar-refractivity contribution in [3.05, 3.63) is 59.7 Å². The maximum Gasteiger partial charge on any atom is 0.179 e. The van der Waals surface area contributed by atoms with Crippen LogP contribution < -0.4 is 16.1 Å². The third-order valence-corrected chi connectivity index (χ3v) is 4.32. The van der Waals surface area contributed by atoms with Crippen LogP contribution in [0.1, 0.15) is 15.9 Å². The molecule has 22 heavy (non-hydrogen) atoms. The van der Waals surface area contributed by atoms with Crippen molar-refractivity contribution >= 4 is 23.0 Å². The summed E-state index contributed by atoms with van der Waals surface area (Å²) in [6, 6.07) is 15.7. The van der Waals surface area contributed by atoms with E-state index in [1.54, 1.807) is 0 Å². The number of aryl methyl sites for hydroxylation is 1. The minimum absolute atomic E-state index is 0.0247. The molecule has 0 fully saturated rings. The number of ketones is 1. The average molecular weight is 292 g/mol. The van der Waals surface area contributed by atoms with Gasteiger partial charge in [0.25, 0.3) is 0 Å². The van der Waals surface area contributed by atoms with Gasteiger partial charge in [-0.15, -0.1) is 0 Å². The van der Waals surface area contributed by atoms with E-state index in [4.69, 9.17) is 5.73 Å². The lowest BCUT2D eigenvalue weighted by Gasteiger charge is -2.39. The van der Waals surface area contributed by atoms with Gasteiger partial charge >= 0.3 is 0 Å². The molecule has 2 unspecified atom stereocenters. The highest BCUT2D eigenvalue weighted by atomic mass is 16.1. The fourth-order valence-electron chi connectivity index (χ4n) is 3.25. The second-order valence-corrected chi connectivity index (χ2v) is 5.63. The van der Waals surface area contributed by atoms with Gasteiger partial charge in [-0.25, -0.2) is 0 Å². The van der Waals surface area contributed by atoms with Gasteiger partial charge in [-0.05, 0) is 30.7 Å². The SMILES string of the molecule is Cc1ccccc1N1c2ccccc2C(=O)C2C(N)=NNC21. The molecule has 0 radical (unpaired) electrons. The lowest BCUT2D eigenvalue weighted by atomic mass is 9.87. The summed E-state index contributed by atoms with van der Waals surface area (Å²) in [7, 11) is 0. The number of nitrogens with two attached hydrogens (primary N) is 1. The van der Waals surface area contributed by atoms with E-state index in [0.717, 1.165) is 16.9 Å². The van der Waals surface area contributed by atoms with Gasteiger partial charge in [0.05, 0.1) is 5.69 Å². The number of rotatable bonds is 1. The van der Waals surface area contributed by atoms with Crippen LogP contribution in [0.25, 0.3) is 0 Å². The minimum Gasteiger partial charge on any atom is -0.385 e. The Labute approximate surface area is 128 Å². The summed E-state index contributed by atoms with van der Waals surface area (Å²) < 4.78 is 0. The zero-order valence-corrected chi connectivity index (χ0v) is 12.2. The molecule has 0 amide bonds. The molecule has 0 saturated heterocycles. The lowest BCUT2D eigenvalue weighted by molar-refractivity contribution is 0.0933. The summed E-state index contributed by atoms with van der Waals surface area (Å²) >= 11 is 0. The van der Waals surface area contributed by atoms with Gasteiger partial charge in [-0.1, -0.05) is 30.3 Å². The van der Waals surface area contributed by atoms with Gasteiger partial charge < -0.3 is 10.6 Å². The molecule has 2 heterocycles. The van der Waals surface area contributed by atoms with Gasteiger partial charge in [0.1, 0.15) is 17.9 Å². The number of Topliss-reactive ketones (excluding diaryl/α,β-unsaturated/α-hetero) is 1. The van der Waals surface area contributed by atoms with Crippen LogP contribution in [0, 0.1) is 12.8 Å². The highest BCUT2D eigenvalue weighted by Crippen LogP contribution is 2.40. The average Bonchev–Trinajstić information content (AvgIpc) is 2.91. The number of carbonyl (C=O) groups excluding carboxylic acids is 1. The fourth-order valence-corrected chi connectivity index (χ4v) is 3.25. The fraction of sp³-hybridized carbons (Fsp3) is 0.176. The third-order valence-electron chi connectivity index (χ3n) is 4.32. The third kappa shape index (κ3) is 1.65. The van der Waals surface area contributed by atoms with Gasteiger partial charge in [0.2, 0.25) is 0 Å². The number of hydrazone groups is 1. The molecule has 2 aliphatic heterocycles. The van der Waals surface area contributed by atoms with E-state index in [-0.39, 0.29) is 11.9 Å². The topological polar surface area (TPSA) is 70.7 Å². The smallest absolute Gasteiger partial charge is 0.179 e. The number of para-hydroxylation sites is 2. The molecular weight excluding hydrogens is 276 g/mol. The monoisotopic (exact) mass is 292 g/mol. The Bertz CT molecular complexity index is 799. The van der Waals surface area contributed by atoms with Crippen LogP contribution in [-0.2, 0) is 0 Å². The summed E-state index contributed by atoms with van der Waals surface area (Å²) in [5.41, 5.74) is 12.7. The number of benzene rings is 2. The standard InChI is InChI=1S/C17H16N4O/c1-10-6-2-4-8-12(10)21-13-9-5-3-7-11(13)15(22)14-16(18)19-20-17(14)21/h2-9,14,17,20H,1H3,(H2,18,19). The summed E-state index contributed by atoms with van der Waals surface area (Å²) in [5.74, 6) is -0.0747. The first-order chi connectivity index (χ1) is 10.7. The first kappa shape index (κ1) is 12.9. The summed E-state index contributed by atoms with van der Waals surface area (Å²) in [4.78, 5) is 14.9. The Morgan fingerprint density at radius 1 is 1.09 bits per heavy atom. The van der Waals surface area contributed by atoms with E-state index in [1.807, 2.05) is 36.4 Å². The maximum atomic E-state index is 12.7. The number of nitrogens with one attached hydrogen (secondary N) is 1. The summed E-state index contributed by atoms with van der Waals surface area (Å²) in [5, 5.41) is 4.10. The Balaban J connectivity index is 1.95. The van der Waals surface area contributed by atoms with Crippen LogP contribution in [-0.4, -0.2) is 17.8 Å². The molecule has 0 aliphatic carbocycles. The van der Waals surface area contributed by atoms with Crippen molar-refractivity contribution in [3.63, 3.8) is 0 Å². The van der Waals surface area contributed by atoms with E-state index in [9.17, 15) is 4.79 Å². The van der Waals surface area contributed by atoms with Gasteiger partial charge in [0.15, 0.2) is 5.78 Å². The van der Waals surface area contributed by atoms with E-state index >= 15 is 0 Å². The molecule has 0 bridgehead atoms. The predicted octanol–water partition coefficient (Wildman–Crippen LogP) is 2.15. The molecule has 0 aromatic heterocycles. The quantitative estimate of drug-likeness (QED) is 0.845. The second-order valence-electron chi connectivity index (χ2n) is 5.63. The van der Waals surface area contributed by atoms with Gasteiger partial charge in [-0.2, -0.15) is 5.10 Å². The molecular formula is C17H16N4O. The minimum atomic E-state index is -0.450. The van der Waals surface area contributed by atoms with E-state index in [1.165, 1.54) is 0 Å². The molecule has 2 aromatic carbocycles. The van der Waals surface area contributed by atoms with E-state index in [0.29, 0.717) is 11.4 Å². The number of hydrogen-bond donors (Lipinski definition) is 2. The van der Waals surface area contributed by atoms with Crippen molar-refractivity contribution in [2.45, 2.75) is 13.1 Å². The molecule has 2 aromatic rings. The Morgan fingerprint density at radius 3 is 2.55 bits per heavy atom. The number of fused-ring (bicyclic) bond motifs is 2. The lowest BCUT2D eigenvalue weighted by Crippen LogP contribution is -2.52. The number of carbonyl (C=O) groups is 1. The van der Waals surface area contributed by atoms with E-state index in [2.05, 4.69) is 34.5 Å². The Hall–Kier alpha value is -2.82. The molecule has 0 spiro atoms. The van der Waals surface area contributed by atoms with Crippen LogP contribution in [0.4, 0.5) is 11.4 Å². The zero-order chi connectivity index (χ0) is 15.3. The van der Waals surface area contributed by atoms with Crippen LogP contribution in [0.5, 0.6) is 0 Å². The first-order valence-electron chi connectivity index (χ1n) is 7.25. The molecule has 110 valence electrons. The maximum absolute atomic E-state index is 12.7. The van der Waals surface area contributed by atoms with Crippen molar-refractivity contribution in [2.24, 2.45) is 16.8 Å². The van der Waals surface area contributed by atoms with Gasteiger partial charge in [0, 0.05) is 11.3 Å². The first-order valence-corrected chi connectivity index (χ1v) is 7.25. The molecule has 3 N–H and O–H groups in total. The van der Waals surface area contributed by atoms with Gasteiger partial charge in [-0.3, -0.25) is 10.2 Å². The van der Waals surface area contributed by atoms with Crippen molar-refractivity contribution in [2.75, 3.05) is 4.90 Å². The molecule has 2 aliphatic rings. The predicted molar refractivity (Wildman–Crippen MR) is 86.1 cm³/mol. The molecule has 5 heteroatoms. The number of hydrogen-bond acceptors (Lipinski definition) is 5. The number of amidine groups is 1. The highest BCUT2D eigenvalue weighted by Gasteiger charge is 2.46. The number of nitrogens with zero attached hydrogens (tertiary/aromatic N) is 2. The largest absolute Gasteiger partial charge is 0.385 e. The summed E-state index contributed by atoms with van der Waals surface area (Å²) in [6.07, 6.45) is -0.275. The molecule has 2 atom stereocenters. The second kappa shape index (κ2) is 4.59. The van der Waals surface area contributed by atoms with Crippen LogP contribution in [0.15, 0.2) is 53.6 Å². The normalized spacial score (nSPS) is 22.7. The summed E-state index contributed by atoms with van der Waals surface area (Å²) in [6.45, 7) is 2.06. The van der Waals surface area contributed by atoms with Crippen LogP contribution in [0.2, 0.25) is 0 Å².